The van der Waals surface area contributed by atoms with Crippen molar-refractivity contribution in [2.24, 2.45) is 0 Å². The summed E-state index contributed by atoms with van der Waals surface area (Å²) >= 11 is 3.69. The molecule has 1 saturated heterocycles. The summed E-state index contributed by atoms with van der Waals surface area (Å²) in [6.45, 7) is 10.3. The van der Waals surface area contributed by atoms with Gasteiger partial charge in [-0.05, 0) is 29.5 Å². The highest BCUT2D eigenvalue weighted by Crippen LogP contribution is 2.23. The fourth-order valence-electron chi connectivity index (χ4n) is 2.30. The lowest BCUT2D eigenvalue weighted by Gasteiger charge is -2.20. The minimum Gasteiger partial charge on any atom is -0.298 e. The van der Waals surface area contributed by atoms with Crippen LogP contribution in [-0.2, 0) is 12.0 Å². The van der Waals surface area contributed by atoms with Crippen molar-refractivity contribution in [3.05, 3.63) is 35.4 Å². The van der Waals surface area contributed by atoms with Crippen molar-refractivity contribution >= 4 is 15.9 Å². The minimum absolute atomic E-state index is 0.257. The molecule has 1 unspecified atom stereocenters. The molecule has 0 aromatic heterocycles. The Morgan fingerprint density at radius 2 is 1.88 bits per heavy atom. The fourth-order valence-corrected chi connectivity index (χ4v) is 2.91. The van der Waals surface area contributed by atoms with Crippen molar-refractivity contribution in [3.8, 4) is 0 Å². The summed E-state index contributed by atoms with van der Waals surface area (Å²) in [4.78, 5) is 3.21. The molecule has 0 N–H and O–H groups in total. The second-order valence-electron chi connectivity index (χ2n) is 6.07. The van der Waals surface area contributed by atoms with E-state index in [1.807, 2.05) is 0 Å². The van der Waals surface area contributed by atoms with Crippen LogP contribution in [0.4, 0.5) is 0 Å². The van der Waals surface area contributed by atoms with Gasteiger partial charge in [0.2, 0.25) is 0 Å². The largest absolute Gasteiger partial charge is 0.298 e. The van der Waals surface area contributed by atoms with Gasteiger partial charge in [-0.25, -0.2) is 0 Å². The van der Waals surface area contributed by atoms with E-state index in [4.69, 9.17) is 0 Å². The number of halogens is 1. The van der Waals surface area contributed by atoms with Gasteiger partial charge in [0.05, 0.1) is 0 Å². The third kappa shape index (κ3) is 3.56. The molecule has 17 heavy (non-hydrogen) atoms. The van der Waals surface area contributed by atoms with E-state index in [1.54, 1.807) is 0 Å². The highest BCUT2D eigenvalue weighted by molar-refractivity contribution is 9.09. The molecule has 1 fully saturated rings. The van der Waals surface area contributed by atoms with Gasteiger partial charge in [0, 0.05) is 17.9 Å². The van der Waals surface area contributed by atoms with Gasteiger partial charge in [-0.1, -0.05) is 61.0 Å². The second-order valence-corrected chi connectivity index (χ2v) is 7.36. The van der Waals surface area contributed by atoms with Crippen LogP contribution in [0, 0.1) is 0 Å². The lowest BCUT2D eigenvalue weighted by molar-refractivity contribution is 0.332. The topological polar surface area (TPSA) is 3.24 Å². The van der Waals surface area contributed by atoms with E-state index in [1.165, 1.54) is 30.6 Å². The van der Waals surface area contributed by atoms with Gasteiger partial charge in [0.25, 0.3) is 0 Å². The van der Waals surface area contributed by atoms with Crippen molar-refractivity contribution in [1.82, 2.24) is 4.90 Å². The molecular formula is C15H22BrN. The van der Waals surface area contributed by atoms with Gasteiger partial charge in [0.1, 0.15) is 0 Å². The molecule has 94 valence electrons. The number of benzene rings is 1. The first kappa shape index (κ1) is 13.1. The molecule has 1 aliphatic heterocycles. The molecule has 0 bridgehead atoms. The monoisotopic (exact) mass is 295 g/mol. The predicted octanol–water partition coefficient (Wildman–Crippen LogP) is 3.95. The molecule has 1 aromatic carbocycles. The van der Waals surface area contributed by atoms with Crippen molar-refractivity contribution in [2.45, 2.75) is 44.0 Å². The Morgan fingerprint density at radius 3 is 2.35 bits per heavy atom. The number of likely N-dealkylation sites (tertiary alicyclic amines) is 1. The molecule has 1 aliphatic rings. The molecule has 1 atom stereocenters. The zero-order chi connectivity index (χ0) is 12.5. The minimum atomic E-state index is 0.257. The van der Waals surface area contributed by atoms with Crippen LogP contribution in [0.25, 0.3) is 0 Å². The molecular weight excluding hydrogens is 274 g/mol. The molecule has 1 nitrogen and oxygen atoms in total. The summed E-state index contributed by atoms with van der Waals surface area (Å²) in [5.41, 5.74) is 3.10. The molecule has 0 amide bonds. The Labute approximate surface area is 113 Å². The van der Waals surface area contributed by atoms with Crippen molar-refractivity contribution in [2.75, 3.05) is 13.1 Å². The Morgan fingerprint density at radius 1 is 1.24 bits per heavy atom. The van der Waals surface area contributed by atoms with Crippen LogP contribution < -0.4 is 0 Å². The highest BCUT2D eigenvalue weighted by atomic mass is 79.9. The third-order valence-electron chi connectivity index (χ3n) is 3.44. The van der Waals surface area contributed by atoms with Crippen molar-refractivity contribution < 1.29 is 0 Å². The molecule has 0 spiro atoms. The lowest BCUT2D eigenvalue weighted by Crippen LogP contribution is -2.20. The third-order valence-corrected chi connectivity index (χ3v) is 4.19. The lowest BCUT2D eigenvalue weighted by atomic mass is 9.87. The molecule has 2 rings (SSSR count). The maximum Gasteiger partial charge on any atom is 0.0285 e. The van der Waals surface area contributed by atoms with Gasteiger partial charge < -0.3 is 0 Å². The standard InChI is InChI=1S/C15H22BrN/c1-15(2,3)13-6-4-12(5-7-13)10-17-9-8-14(16)11-17/h4-7,14H,8-11H2,1-3H3. The van der Waals surface area contributed by atoms with Crippen LogP contribution in [0.1, 0.15) is 38.3 Å². The summed E-state index contributed by atoms with van der Waals surface area (Å²) in [7, 11) is 0. The van der Waals surface area contributed by atoms with Gasteiger partial charge in [-0.3, -0.25) is 4.90 Å². The van der Waals surface area contributed by atoms with Crippen LogP contribution in [0.3, 0.4) is 0 Å². The Balaban J connectivity index is 1.99. The summed E-state index contributed by atoms with van der Waals surface area (Å²) in [5, 5.41) is 0. The number of alkyl halides is 1. The van der Waals surface area contributed by atoms with E-state index in [2.05, 4.69) is 65.9 Å². The average Bonchev–Trinajstić information content (AvgIpc) is 2.63. The number of hydrogen-bond acceptors (Lipinski definition) is 1. The van der Waals surface area contributed by atoms with Crippen LogP contribution in [0.5, 0.6) is 0 Å². The van der Waals surface area contributed by atoms with Gasteiger partial charge in [-0.2, -0.15) is 0 Å². The molecule has 1 heterocycles. The van der Waals surface area contributed by atoms with Crippen LogP contribution in [0.2, 0.25) is 0 Å². The molecule has 0 saturated carbocycles. The average molecular weight is 296 g/mol. The van der Waals surface area contributed by atoms with Crippen molar-refractivity contribution in [1.29, 1.82) is 0 Å². The van der Waals surface area contributed by atoms with E-state index >= 15 is 0 Å². The second kappa shape index (κ2) is 5.11. The SMILES string of the molecule is CC(C)(C)c1ccc(CN2CCC(Br)C2)cc1. The quantitative estimate of drug-likeness (QED) is 0.747. The molecule has 0 aliphatic carbocycles. The van der Waals surface area contributed by atoms with Gasteiger partial charge in [0.15, 0.2) is 0 Å². The first-order valence-corrected chi connectivity index (χ1v) is 7.32. The zero-order valence-corrected chi connectivity index (χ0v) is 12.6. The fraction of sp³-hybridized carbons (Fsp3) is 0.600. The predicted molar refractivity (Wildman–Crippen MR) is 77.8 cm³/mol. The van der Waals surface area contributed by atoms with E-state index in [0.717, 1.165) is 6.54 Å². The van der Waals surface area contributed by atoms with E-state index in [0.29, 0.717) is 4.83 Å². The van der Waals surface area contributed by atoms with Gasteiger partial charge in [-0.15, -0.1) is 0 Å². The summed E-state index contributed by atoms with van der Waals surface area (Å²) in [6, 6.07) is 9.11. The first-order chi connectivity index (χ1) is 7.95. The summed E-state index contributed by atoms with van der Waals surface area (Å²) in [6.07, 6.45) is 1.28. The molecule has 1 aromatic rings. The molecule has 0 radical (unpaired) electrons. The summed E-state index contributed by atoms with van der Waals surface area (Å²) in [5.74, 6) is 0. The number of rotatable bonds is 2. The molecule has 2 heteroatoms. The summed E-state index contributed by atoms with van der Waals surface area (Å²) < 4.78 is 0. The highest BCUT2D eigenvalue weighted by Gasteiger charge is 2.20. The van der Waals surface area contributed by atoms with Crippen molar-refractivity contribution in [3.63, 3.8) is 0 Å². The van der Waals surface area contributed by atoms with Crippen LogP contribution >= 0.6 is 15.9 Å². The first-order valence-electron chi connectivity index (χ1n) is 6.41. The number of nitrogens with zero attached hydrogens (tertiary/aromatic N) is 1. The Kier molecular flexibility index (Phi) is 3.94. The Bertz CT molecular complexity index is 364. The number of hydrogen-bond donors (Lipinski definition) is 0. The zero-order valence-electron chi connectivity index (χ0n) is 11.0. The maximum atomic E-state index is 3.69. The normalized spacial score (nSPS) is 22.0. The van der Waals surface area contributed by atoms with E-state index < -0.39 is 0 Å². The van der Waals surface area contributed by atoms with Crippen LogP contribution in [-0.4, -0.2) is 22.8 Å². The van der Waals surface area contributed by atoms with E-state index in [-0.39, 0.29) is 5.41 Å². The van der Waals surface area contributed by atoms with Crippen LogP contribution in [0.15, 0.2) is 24.3 Å². The Hall–Kier alpha value is -0.340. The maximum absolute atomic E-state index is 3.69. The smallest absolute Gasteiger partial charge is 0.0285 e. The van der Waals surface area contributed by atoms with E-state index in [9.17, 15) is 0 Å². The van der Waals surface area contributed by atoms with Gasteiger partial charge >= 0.3 is 0 Å².